The molecule has 0 bridgehead atoms. The van der Waals surface area contributed by atoms with Gasteiger partial charge in [0.05, 0.1) is 0 Å². The van der Waals surface area contributed by atoms with E-state index in [2.05, 4.69) is 0 Å². The average molecular weight is 169 g/mol. The zero-order valence-corrected chi connectivity index (χ0v) is 8.05. The van der Waals surface area contributed by atoms with E-state index in [1.165, 1.54) is 4.90 Å². The number of piperidine rings is 1. The highest BCUT2D eigenvalue weighted by molar-refractivity contribution is 6.00. The molecular formula is C9H15NO2. The van der Waals surface area contributed by atoms with Crippen LogP contribution in [0.3, 0.4) is 0 Å². The molecule has 2 amide bonds. The van der Waals surface area contributed by atoms with Crippen LogP contribution in [-0.4, -0.2) is 23.8 Å². The van der Waals surface area contributed by atoms with Crippen LogP contribution in [0.25, 0.3) is 0 Å². The largest absolute Gasteiger partial charge is 0.285 e. The maximum atomic E-state index is 11.5. The first kappa shape index (κ1) is 9.23. The number of nitrogens with zero attached hydrogens (tertiary/aromatic N) is 1. The molecule has 1 unspecified atom stereocenters. The third-order valence-corrected chi connectivity index (χ3v) is 2.45. The van der Waals surface area contributed by atoms with Crippen LogP contribution in [0.1, 0.15) is 27.2 Å². The van der Waals surface area contributed by atoms with Crippen LogP contribution >= 0.6 is 0 Å². The summed E-state index contributed by atoms with van der Waals surface area (Å²) in [6, 6.07) is 0. The number of imide groups is 1. The van der Waals surface area contributed by atoms with Gasteiger partial charge in [0.2, 0.25) is 11.8 Å². The lowest BCUT2D eigenvalue weighted by molar-refractivity contribution is -0.157. The molecule has 1 heterocycles. The molecule has 0 aromatic rings. The Morgan fingerprint density at radius 2 is 1.92 bits per heavy atom. The van der Waals surface area contributed by atoms with Crippen LogP contribution in [0.15, 0.2) is 0 Å². The quantitative estimate of drug-likeness (QED) is 0.508. The molecule has 3 nitrogen and oxygen atoms in total. The summed E-state index contributed by atoms with van der Waals surface area (Å²) in [6.07, 6.45) is 0.662. The van der Waals surface area contributed by atoms with E-state index in [4.69, 9.17) is 0 Å². The summed E-state index contributed by atoms with van der Waals surface area (Å²) >= 11 is 0. The molecule has 1 fully saturated rings. The third-order valence-electron chi connectivity index (χ3n) is 2.45. The van der Waals surface area contributed by atoms with Crippen LogP contribution < -0.4 is 0 Å². The molecule has 0 spiro atoms. The van der Waals surface area contributed by atoms with Gasteiger partial charge in [-0.25, -0.2) is 0 Å². The summed E-state index contributed by atoms with van der Waals surface area (Å²) in [5.74, 6) is -0.146. The second-order valence-corrected chi connectivity index (χ2v) is 4.19. The molecular weight excluding hydrogens is 154 g/mol. The van der Waals surface area contributed by atoms with Gasteiger partial charge >= 0.3 is 0 Å². The van der Waals surface area contributed by atoms with Gasteiger partial charge in [-0.2, -0.15) is 0 Å². The Labute approximate surface area is 72.7 Å². The van der Waals surface area contributed by atoms with Crippen LogP contribution in [0.2, 0.25) is 0 Å². The van der Waals surface area contributed by atoms with E-state index in [1.807, 2.05) is 20.8 Å². The summed E-state index contributed by atoms with van der Waals surface area (Å²) < 4.78 is 0. The van der Waals surface area contributed by atoms with Gasteiger partial charge in [0, 0.05) is 18.4 Å². The van der Waals surface area contributed by atoms with E-state index in [9.17, 15) is 9.59 Å². The summed E-state index contributed by atoms with van der Waals surface area (Å²) in [5, 5.41) is 0. The molecule has 0 aromatic heterocycles. The summed E-state index contributed by atoms with van der Waals surface area (Å²) in [6.45, 7) is 5.64. The van der Waals surface area contributed by atoms with Gasteiger partial charge in [0.1, 0.15) is 0 Å². The fraction of sp³-hybridized carbons (Fsp3) is 0.778. The summed E-state index contributed by atoms with van der Waals surface area (Å²) in [7, 11) is 1.56. The van der Waals surface area contributed by atoms with Crippen molar-refractivity contribution in [3.8, 4) is 0 Å². The molecule has 12 heavy (non-hydrogen) atoms. The normalized spacial score (nSPS) is 29.3. The van der Waals surface area contributed by atoms with Crippen molar-refractivity contribution in [3.63, 3.8) is 0 Å². The van der Waals surface area contributed by atoms with Crippen LogP contribution in [-0.2, 0) is 9.59 Å². The van der Waals surface area contributed by atoms with Crippen LogP contribution in [0.4, 0.5) is 0 Å². The van der Waals surface area contributed by atoms with Crippen molar-refractivity contribution in [1.82, 2.24) is 4.90 Å². The van der Waals surface area contributed by atoms with Crippen LogP contribution in [0.5, 0.6) is 0 Å². The molecule has 0 aromatic carbocycles. The summed E-state index contributed by atoms with van der Waals surface area (Å²) in [4.78, 5) is 24.1. The Balaban J connectivity index is 2.93. The zero-order valence-electron chi connectivity index (χ0n) is 8.05. The Morgan fingerprint density at radius 1 is 1.42 bits per heavy atom. The van der Waals surface area contributed by atoms with Gasteiger partial charge in [0.25, 0.3) is 0 Å². The van der Waals surface area contributed by atoms with E-state index >= 15 is 0 Å². The molecule has 1 atom stereocenters. The SMILES string of the molecule is CC1CC(C)(C)C(=O)N(C)C1=O. The second-order valence-electron chi connectivity index (χ2n) is 4.19. The number of amides is 2. The van der Waals surface area contributed by atoms with Gasteiger partial charge < -0.3 is 0 Å². The maximum absolute atomic E-state index is 11.5. The first-order chi connectivity index (χ1) is 5.36. The first-order valence-corrected chi connectivity index (χ1v) is 4.18. The predicted molar refractivity (Wildman–Crippen MR) is 45.3 cm³/mol. The maximum Gasteiger partial charge on any atom is 0.234 e. The van der Waals surface area contributed by atoms with Gasteiger partial charge in [-0.1, -0.05) is 20.8 Å². The highest BCUT2D eigenvalue weighted by atomic mass is 16.2. The minimum atomic E-state index is -0.373. The van der Waals surface area contributed by atoms with E-state index in [1.54, 1.807) is 7.05 Å². The minimum absolute atomic E-state index is 0.0253. The Morgan fingerprint density at radius 3 is 2.42 bits per heavy atom. The van der Waals surface area contributed by atoms with Crippen molar-refractivity contribution in [2.75, 3.05) is 7.05 Å². The molecule has 1 aliphatic rings. The average Bonchev–Trinajstić information content (AvgIpc) is 1.97. The molecule has 0 radical (unpaired) electrons. The molecule has 0 N–H and O–H groups in total. The van der Waals surface area contributed by atoms with E-state index in [-0.39, 0.29) is 23.1 Å². The zero-order chi connectivity index (χ0) is 9.52. The smallest absolute Gasteiger partial charge is 0.234 e. The van der Waals surface area contributed by atoms with Crippen LogP contribution in [0, 0.1) is 11.3 Å². The lowest BCUT2D eigenvalue weighted by atomic mass is 9.78. The Kier molecular flexibility index (Phi) is 1.98. The van der Waals surface area contributed by atoms with Gasteiger partial charge in [-0.3, -0.25) is 14.5 Å². The fourth-order valence-corrected chi connectivity index (χ4v) is 1.82. The second kappa shape index (κ2) is 2.57. The first-order valence-electron chi connectivity index (χ1n) is 4.18. The Hall–Kier alpha value is -0.860. The van der Waals surface area contributed by atoms with Gasteiger partial charge in [-0.15, -0.1) is 0 Å². The highest BCUT2D eigenvalue weighted by Gasteiger charge is 2.41. The molecule has 1 saturated heterocycles. The van der Waals surface area contributed by atoms with Crippen molar-refractivity contribution < 1.29 is 9.59 Å². The molecule has 3 heteroatoms. The molecule has 0 aliphatic carbocycles. The van der Waals surface area contributed by atoms with Crippen molar-refractivity contribution in [3.05, 3.63) is 0 Å². The number of rotatable bonds is 0. The standard InChI is InChI=1S/C9H15NO2/c1-6-5-9(2,3)8(12)10(4)7(6)11/h6H,5H2,1-4H3. The van der Waals surface area contributed by atoms with E-state index < -0.39 is 0 Å². The number of carbonyl (C=O) groups is 2. The lowest BCUT2D eigenvalue weighted by Gasteiger charge is -2.36. The van der Waals surface area contributed by atoms with Crippen molar-refractivity contribution >= 4 is 11.8 Å². The van der Waals surface area contributed by atoms with Crippen molar-refractivity contribution in [2.45, 2.75) is 27.2 Å². The monoisotopic (exact) mass is 169 g/mol. The van der Waals surface area contributed by atoms with E-state index in [0.29, 0.717) is 6.42 Å². The third kappa shape index (κ3) is 1.24. The number of hydrogen-bond donors (Lipinski definition) is 0. The highest BCUT2D eigenvalue weighted by Crippen LogP contribution is 2.32. The molecule has 1 rings (SSSR count). The number of hydrogen-bond acceptors (Lipinski definition) is 2. The number of likely N-dealkylation sites (tertiary alicyclic amines) is 1. The van der Waals surface area contributed by atoms with Crippen molar-refractivity contribution in [2.24, 2.45) is 11.3 Å². The minimum Gasteiger partial charge on any atom is -0.285 e. The molecule has 1 aliphatic heterocycles. The van der Waals surface area contributed by atoms with Gasteiger partial charge in [-0.05, 0) is 6.42 Å². The summed E-state index contributed by atoms with van der Waals surface area (Å²) in [5.41, 5.74) is -0.373. The fourth-order valence-electron chi connectivity index (χ4n) is 1.82. The predicted octanol–water partition coefficient (Wildman–Crippen LogP) is 1.04. The number of carbonyl (C=O) groups excluding carboxylic acids is 2. The van der Waals surface area contributed by atoms with Gasteiger partial charge in [0.15, 0.2) is 0 Å². The molecule has 0 saturated carbocycles. The lowest BCUT2D eigenvalue weighted by Crippen LogP contribution is -2.50. The van der Waals surface area contributed by atoms with E-state index in [0.717, 1.165) is 0 Å². The topological polar surface area (TPSA) is 37.4 Å². The van der Waals surface area contributed by atoms with Crippen molar-refractivity contribution in [1.29, 1.82) is 0 Å². The Bertz CT molecular complexity index is 233. The molecule has 68 valence electrons.